The van der Waals surface area contributed by atoms with Crippen molar-refractivity contribution in [3.8, 4) is 0 Å². The summed E-state index contributed by atoms with van der Waals surface area (Å²) in [7, 11) is -3.13. The van der Waals surface area contributed by atoms with Gasteiger partial charge in [-0.2, -0.15) is 0 Å². The van der Waals surface area contributed by atoms with Crippen LogP contribution in [0.3, 0.4) is 0 Å². The number of benzene rings is 2. The summed E-state index contributed by atoms with van der Waals surface area (Å²) < 4.78 is 29.3. The van der Waals surface area contributed by atoms with E-state index in [1.54, 1.807) is 6.92 Å². The molecule has 3 aromatic rings. The molecule has 1 aliphatic carbocycles. The highest BCUT2D eigenvalue weighted by Crippen LogP contribution is 2.37. The average Bonchev–Trinajstić information content (AvgIpc) is 3.45. The van der Waals surface area contributed by atoms with Crippen LogP contribution in [0.4, 0.5) is 0 Å². The van der Waals surface area contributed by atoms with Gasteiger partial charge in [0.05, 0.1) is 28.3 Å². The van der Waals surface area contributed by atoms with Crippen LogP contribution in [0.25, 0.3) is 22.6 Å². The molecule has 0 unspecified atom stereocenters. The van der Waals surface area contributed by atoms with Crippen molar-refractivity contribution >= 4 is 44.3 Å². The number of pyridine rings is 1. The van der Waals surface area contributed by atoms with Crippen molar-refractivity contribution in [2.24, 2.45) is 0 Å². The Hall–Kier alpha value is -3.52. The van der Waals surface area contributed by atoms with E-state index >= 15 is 0 Å². The summed E-state index contributed by atoms with van der Waals surface area (Å²) in [6, 6.07) is 15.4. The first-order valence-electron chi connectivity index (χ1n) is 12.6. The topological polar surface area (TPSA) is 93.6 Å². The highest BCUT2D eigenvalue weighted by atomic mass is 32.2. The number of amides is 1. The van der Waals surface area contributed by atoms with E-state index in [0.717, 1.165) is 28.8 Å². The third kappa shape index (κ3) is 5.16. The summed E-state index contributed by atoms with van der Waals surface area (Å²) in [5, 5.41) is 0.699. The summed E-state index contributed by atoms with van der Waals surface area (Å²) in [5.74, 6) is -0.906. The summed E-state index contributed by atoms with van der Waals surface area (Å²) in [4.78, 5) is 32.7. The molecule has 37 heavy (non-hydrogen) atoms. The van der Waals surface area contributed by atoms with Crippen LogP contribution in [-0.2, 0) is 25.8 Å². The predicted molar refractivity (Wildman–Crippen MR) is 144 cm³/mol. The highest BCUT2D eigenvalue weighted by Gasteiger charge is 2.34. The standard InChI is InChI=1S/C29H30N2O5S/c1-3-31(22-14-15-37(34,35)18-22)26(32)17-36-29(33)27-23-6-4-5-7-25(23)30-28-21(12-13-24(27)28)16-20-10-8-19(2)9-11-20/h4-11,16,22H,3,12-15,17-18H2,1-2H3/b21-16+/t22-/m1/s1. The van der Waals surface area contributed by atoms with Gasteiger partial charge in [-0.15, -0.1) is 0 Å². The molecule has 1 saturated heterocycles. The smallest absolute Gasteiger partial charge is 0.339 e. The van der Waals surface area contributed by atoms with Crippen molar-refractivity contribution in [2.45, 2.75) is 39.2 Å². The van der Waals surface area contributed by atoms with Crippen LogP contribution in [0, 0.1) is 6.92 Å². The van der Waals surface area contributed by atoms with Crippen LogP contribution in [0.15, 0.2) is 48.5 Å². The van der Waals surface area contributed by atoms with Gasteiger partial charge in [0.2, 0.25) is 0 Å². The molecule has 2 heterocycles. The molecule has 5 rings (SSSR count). The molecule has 0 radical (unpaired) electrons. The minimum atomic E-state index is -3.13. The number of carbonyl (C=O) groups excluding carboxylic acids is 2. The molecule has 192 valence electrons. The van der Waals surface area contributed by atoms with E-state index in [4.69, 9.17) is 9.72 Å². The molecule has 0 saturated carbocycles. The number of carbonyl (C=O) groups is 2. The Kier molecular flexibility index (Phi) is 6.86. The van der Waals surface area contributed by atoms with Gasteiger partial charge in [0.25, 0.3) is 5.91 Å². The molecular weight excluding hydrogens is 488 g/mol. The first-order valence-corrected chi connectivity index (χ1v) is 14.4. The number of hydrogen-bond donors (Lipinski definition) is 0. The second kappa shape index (κ2) is 10.1. The third-order valence-corrected chi connectivity index (χ3v) is 8.95. The summed E-state index contributed by atoms with van der Waals surface area (Å²) in [6.45, 7) is 3.78. The van der Waals surface area contributed by atoms with Crippen molar-refractivity contribution in [2.75, 3.05) is 24.7 Å². The van der Waals surface area contributed by atoms with Gasteiger partial charge in [-0.3, -0.25) is 4.79 Å². The van der Waals surface area contributed by atoms with Gasteiger partial charge in [-0.05, 0) is 62.0 Å². The lowest BCUT2D eigenvalue weighted by Gasteiger charge is -2.26. The number of aromatic nitrogens is 1. The number of fused-ring (bicyclic) bond motifs is 2. The van der Waals surface area contributed by atoms with Crippen LogP contribution in [-0.4, -0.2) is 60.9 Å². The summed E-state index contributed by atoms with van der Waals surface area (Å²) in [6.07, 6.45) is 3.94. The van der Waals surface area contributed by atoms with Gasteiger partial charge in [0.15, 0.2) is 16.4 Å². The number of rotatable bonds is 6. The van der Waals surface area contributed by atoms with Crippen LogP contribution in [0.1, 0.15) is 52.5 Å². The van der Waals surface area contributed by atoms with Gasteiger partial charge in [-0.1, -0.05) is 48.0 Å². The summed E-state index contributed by atoms with van der Waals surface area (Å²) in [5.41, 5.74) is 6.11. The predicted octanol–water partition coefficient (Wildman–Crippen LogP) is 4.22. The number of aryl methyl sites for hydroxylation is 1. The maximum Gasteiger partial charge on any atom is 0.339 e. The second-order valence-electron chi connectivity index (χ2n) is 9.72. The van der Waals surface area contributed by atoms with E-state index in [0.29, 0.717) is 35.9 Å². The van der Waals surface area contributed by atoms with Crippen molar-refractivity contribution in [1.82, 2.24) is 9.88 Å². The molecule has 8 heteroatoms. The lowest BCUT2D eigenvalue weighted by molar-refractivity contribution is -0.136. The molecular formula is C29H30N2O5S. The monoisotopic (exact) mass is 518 g/mol. The van der Waals surface area contributed by atoms with E-state index < -0.39 is 22.4 Å². The Morgan fingerprint density at radius 2 is 1.86 bits per heavy atom. The molecule has 0 spiro atoms. The molecule has 1 fully saturated rings. The number of esters is 1. The zero-order chi connectivity index (χ0) is 26.2. The Morgan fingerprint density at radius 3 is 2.57 bits per heavy atom. The number of ether oxygens (including phenoxy) is 1. The van der Waals surface area contributed by atoms with Crippen LogP contribution in [0.2, 0.25) is 0 Å². The Balaban J connectivity index is 1.42. The Bertz CT molecular complexity index is 1510. The van der Waals surface area contributed by atoms with E-state index in [-0.39, 0.29) is 23.5 Å². The fourth-order valence-electron chi connectivity index (χ4n) is 5.32. The molecule has 1 aliphatic heterocycles. The number of sulfone groups is 1. The molecule has 2 aliphatic rings. The zero-order valence-electron chi connectivity index (χ0n) is 21.1. The van der Waals surface area contributed by atoms with E-state index in [9.17, 15) is 18.0 Å². The third-order valence-electron chi connectivity index (χ3n) is 7.20. The molecule has 0 N–H and O–H groups in total. The number of likely N-dealkylation sites (N-methyl/N-ethyl adjacent to an activating group) is 1. The maximum atomic E-state index is 13.4. The minimum absolute atomic E-state index is 0.0425. The molecule has 7 nitrogen and oxygen atoms in total. The average molecular weight is 519 g/mol. The summed E-state index contributed by atoms with van der Waals surface area (Å²) >= 11 is 0. The SMILES string of the molecule is CCN(C(=O)COC(=O)c1c2c(nc3ccccc13)/C(=C/c1ccc(C)cc1)CC2)[C@@H]1CCS(=O)(=O)C1. The maximum absolute atomic E-state index is 13.4. The van der Waals surface area contributed by atoms with Gasteiger partial charge in [0.1, 0.15) is 0 Å². The van der Waals surface area contributed by atoms with Crippen molar-refractivity contribution in [3.63, 3.8) is 0 Å². The lowest BCUT2D eigenvalue weighted by Crippen LogP contribution is -2.43. The van der Waals surface area contributed by atoms with Gasteiger partial charge in [-0.25, -0.2) is 18.2 Å². The number of hydrogen-bond acceptors (Lipinski definition) is 6. The molecule has 2 aromatic carbocycles. The van der Waals surface area contributed by atoms with Crippen molar-refractivity contribution in [1.29, 1.82) is 0 Å². The molecule has 1 amide bonds. The molecule has 0 bridgehead atoms. The van der Waals surface area contributed by atoms with Crippen molar-refractivity contribution < 1.29 is 22.7 Å². The number of nitrogens with zero attached hydrogens (tertiary/aromatic N) is 2. The van der Waals surface area contributed by atoms with E-state index in [1.165, 1.54) is 10.5 Å². The van der Waals surface area contributed by atoms with Crippen LogP contribution < -0.4 is 0 Å². The van der Waals surface area contributed by atoms with Crippen LogP contribution in [0.5, 0.6) is 0 Å². The van der Waals surface area contributed by atoms with E-state index in [1.807, 2.05) is 31.2 Å². The fourth-order valence-corrected chi connectivity index (χ4v) is 7.05. The first kappa shape index (κ1) is 25.1. The van der Waals surface area contributed by atoms with Gasteiger partial charge < -0.3 is 9.64 Å². The Morgan fingerprint density at radius 1 is 1.11 bits per heavy atom. The molecule has 1 aromatic heterocycles. The zero-order valence-corrected chi connectivity index (χ0v) is 21.9. The number of allylic oxidation sites excluding steroid dienone is 1. The second-order valence-corrected chi connectivity index (χ2v) is 12.0. The largest absolute Gasteiger partial charge is 0.452 e. The quantitative estimate of drug-likeness (QED) is 0.454. The Labute approximate surface area is 217 Å². The minimum Gasteiger partial charge on any atom is -0.452 e. The normalized spacial score (nSPS) is 19.2. The first-order chi connectivity index (χ1) is 17.8. The fraction of sp³-hybridized carbons (Fsp3) is 0.345. The van der Waals surface area contributed by atoms with Crippen LogP contribution >= 0.6 is 0 Å². The highest BCUT2D eigenvalue weighted by molar-refractivity contribution is 7.91. The van der Waals surface area contributed by atoms with E-state index in [2.05, 4.69) is 30.3 Å². The lowest BCUT2D eigenvalue weighted by atomic mass is 10.0. The molecule has 1 atom stereocenters. The van der Waals surface area contributed by atoms with Gasteiger partial charge in [0, 0.05) is 18.0 Å². The number of para-hydroxylation sites is 1. The van der Waals surface area contributed by atoms with Gasteiger partial charge >= 0.3 is 5.97 Å². The van der Waals surface area contributed by atoms with Crippen molar-refractivity contribution in [3.05, 3.63) is 76.5 Å².